The molecule has 0 spiro atoms. The average molecular weight is 189 g/mol. The van der Waals surface area contributed by atoms with E-state index in [-0.39, 0.29) is 5.75 Å². The zero-order chi connectivity index (χ0) is 10.4. The molecule has 0 unspecified atom stereocenters. The van der Waals surface area contributed by atoms with Gasteiger partial charge in [0.1, 0.15) is 5.75 Å². The number of phenolic OH excluding ortho intramolecular Hbond substituents is 1. The molecule has 0 saturated heterocycles. The third-order valence-electron chi connectivity index (χ3n) is 1.88. The van der Waals surface area contributed by atoms with Crippen LogP contribution in [0.25, 0.3) is 0 Å². The second-order valence-electron chi connectivity index (χ2n) is 3.01. The molecule has 0 atom stereocenters. The lowest BCUT2D eigenvalue weighted by Crippen LogP contribution is -1.98. The minimum Gasteiger partial charge on any atom is -0.506 e. The summed E-state index contributed by atoms with van der Waals surface area (Å²) in [5.41, 5.74) is 1.79. The molecule has 2 nitrogen and oxygen atoms in total. The normalized spacial score (nSPS) is 9.43. The molecule has 0 fully saturated rings. The third kappa shape index (κ3) is 2.66. The molecule has 14 heavy (non-hydrogen) atoms. The van der Waals surface area contributed by atoms with Gasteiger partial charge in [-0.3, -0.25) is 0 Å². The van der Waals surface area contributed by atoms with Gasteiger partial charge in [0.25, 0.3) is 0 Å². The summed E-state index contributed by atoms with van der Waals surface area (Å²) >= 11 is 0. The molecule has 0 amide bonds. The van der Waals surface area contributed by atoms with E-state index in [1.165, 1.54) is 0 Å². The Morgan fingerprint density at radius 2 is 2.07 bits per heavy atom. The van der Waals surface area contributed by atoms with Gasteiger partial charge in [-0.2, -0.15) is 0 Å². The Hall–Kier alpha value is -1.70. The molecular weight excluding hydrogens is 174 g/mol. The SMILES string of the molecule is C=CCNc1ccc(CC=C)cc1O. The van der Waals surface area contributed by atoms with E-state index in [1.54, 1.807) is 12.1 Å². The molecule has 2 heteroatoms. The Morgan fingerprint density at radius 1 is 1.29 bits per heavy atom. The van der Waals surface area contributed by atoms with Crippen molar-refractivity contribution in [2.24, 2.45) is 0 Å². The van der Waals surface area contributed by atoms with Gasteiger partial charge in [0.05, 0.1) is 5.69 Å². The van der Waals surface area contributed by atoms with Gasteiger partial charge in [0.2, 0.25) is 0 Å². The Morgan fingerprint density at radius 3 is 2.64 bits per heavy atom. The molecule has 1 aromatic carbocycles. The molecule has 0 aromatic heterocycles. The first-order chi connectivity index (χ1) is 6.77. The van der Waals surface area contributed by atoms with Crippen molar-refractivity contribution in [3.05, 3.63) is 49.1 Å². The van der Waals surface area contributed by atoms with E-state index in [1.807, 2.05) is 18.2 Å². The van der Waals surface area contributed by atoms with Crippen molar-refractivity contribution in [3.8, 4) is 5.75 Å². The van der Waals surface area contributed by atoms with Crippen molar-refractivity contribution in [1.82, 2.24) is 0 Å². The predicted molar refractivity (Wildman–Crippen MR) is 60.7 cm³/mol. The number of aromatic hydroxyl groups is 1. The number of benzene rings is 1. The van der Waals surface area contributed by atoms with E-state index in [4.69, 9.17) is 0 Å². The number of anilines is 1. The van der Waals surface area contributed by atoms with Crippen LogP contribution >= 0.6 is 0 Å². The van der Waals surface area contributed by atoms with Crippen molar-refractivity contribution >= 4 is 5.69 Å². The highest BCUT2D eigenvalue weighted by atomic mass is 16.3. The number of rotatable bonds is 5. The van der Waals surface area contributed by atoms with Crippen LogP contribution in [0.5, 0.6) is 5.75 Å². The third-order valence-corrected chi connectivity index (χ3v) is 1.88. The molecule has 0 aliphatic rings. The van der Waals surface area contributed by atoms with Crippen LogP contribution in [-0.4, -0.2) is 11.7 Å². The van der Waals surface area contributed by atoms with Crippen LogP contribution in [0.4, 0.5) is 5.69 Å². The lowest BCUT2D eigenvalue weighted by molar-refractivity contribution is 0.477. The summed E-state index contributed by atoms with van der Waals surface area (Å²) in [5.74, 6) is 0.270. The average Bonchev–Trinajstić information content (AvgIpc) is 2.17. The van der Waals surface area contributed by atoms with Gasteiger partial charge < -0.3 is 10.4 Å². The number of hydrogen-bond acceptors (Lipinski definition) is 2. The molecule has 0 bridgehead atoms. The maximum Gasteiger partial charge on any atom is 0.138 e. The quantitative estimate of drug-likeness (QED) is 0.551. The highest BCUT2D eigenvalue weighted by Gasteiger charge is 1.99. The molecule has 0 radical (unpaired) electrons. The summed E-state index contributed by atoms with van der Waals surface area (Å²) in [6, 6.07) is 5.57. The van der Waals surface area contributed by atoms with Crippen LogP contribution in [0.2, 0.25) is 0 Å². The van der Waals surface area contributed by atoms with Crippen molar-refractivity contribution in [2.75, 3.05) is 11.9 Å². The summed E-state index contributed by atoms with van der Waals surface area (Å²) in [5, 5.41) is 12.7. The van der Waals surface area contributed by atoms with Crippen LogP contribution in [0.1, 0.15) is 5.56 Å². The highest BCUT2D eigenvalue weighted by molar-refractivity contribution is 5.57. The van der Waals surface area contributed by atoms with Crippen LogP contribution in [0.3, 0.4) is 0 Å². The van der Waals surface area contributed by atoms with Crippen LogP contribution in [0, 0.1) is 0 Å². The Bertz CT molecular complexity index is 331. The fourth-order valence-electron chi connectivity index (χ4n) is 1.20. The van der Waals surface area contributed by atoms with E-state index in [0.29, 0.717) is 6.54 Å². The van der Waals surface area contributed by atoms with Gasteiger partial charge in [-0.1, -0.05) is 18.2 Å². The zero-order valence-electron chi connectivity index (χ0n) is 8.16. The Kier molecular flexibility index (Phi) is 3.80. The molecule has 1 rings (SSSR count). The zero-order valence-corrected chi connectivity index (χ0v) is 8.16. The Labute approximate surface area is 84.6 Å². The van der Waals surface area contributed by atoms with Crippen molar-refractivity contribution < 1.29 is 5.11 Å². The first-order valence-electron chi connectivity index (χ1n) is 4.55. The fourth-order valence-corrected chi connectivity index (χ4v) is 1.20. The molecule has 74 valence electrons. The molecule has 0 saturated carbocycles. The second-order valence-corrected chi connectivity index (χ2v) is 3.01. The van der Waals surface area contributed by atoms with Gasteiger partial charge in [0, 0.05) is 6.54 Å². The maximum atomic E-state index is 9.61. The summed E-state index contributed by atoms with van der Waals surface area (Å²) in [7, 11) is 0. The summed E-state index contributed by atoms with van der Waals surface area (Å²) in [4.78, 5) is 0. The van der Waals surface area contributed by atoms with Crippen molar-refractivity contribution in [1.29, 1.82) is 0 Å². The van der Waals surface area contributed by atoms with Crippen LogP contribution in [-0.2, 0) is 6.42 Å². The lowest BCUT2D eigenvalue weighted by atomic mass is 10.1. The molecule has 2 N–H and O–H groups in total. The number of allylic oxidation sites excluding steroid dienone is 1. The number of hydrogen-bond donors (Lipinski definition) is 2. The topological polar surface area (TPSA) is 32.3 Å². The largest absolute Gasteiger partial charge is 0.506 e. The summed E-state index contributed by atoms with van der Waals surface area (Å²) in [6.45, 7) is 7.89. The van der Waals surface area contributed by atoms with Gasteiger partial charge >= 0.3 is 0 Å². The van der Waals surface area contributed by atoms with Crippen molar-refractivity contribution in [3.63, 3.8) is 0 Å². The molecule has 0 aliphatic carbocycles. The van der Waals surface area contributed by atoms with Gasteiger partial charge in [0.15, 0.2) is 0 Å². The monoisotopic (exact) mass is 189 g/mol. The standard InChI is InChI=1S/C12H15NO/c1-3-5-10-6-7-11(12(14)9-10)13-8-4-2/h3-4,6-7,9,13-14H,1-2,5,8H2. The van der Waals surface area contributed by atoms with Gasteiger partial charge in [-0.25, -0.2) is 0 Å². The highest BCUT2D eigenvalue weighted by Crippen LogP contribution is 2.24. The van der Waals surface area contributed by atoms with E-state index >= 15 is 0 Å². The molecular formula is C12H15NO. The van der Waals surface area contributed by atoms with E-state index < -0.39 is 0 Å². The number of nitrogens with one attached hydrogen (secondary N) is 1. The minimum atomic E-state index is 0.270. The second kappa shape index (κ2) is 5.12. The fraction of sp³-hybridized carbons (Fsp3) is 0.167. The first kappa shape index (κ1) is 10.4. The Balaban J connectivity index is 2.78. The molecule has 1 aromatic rings. The minimum absolute atomic E-state index is 0.270. The number of phenols is 1. The summed E-state index contributed by atoms with van der Waals surface area (Å²) in [6.07, 6.45) is 4.33. The van der Waals surface area contributed by atoms with Crippen molar-refractivity contribution in [2.45, 2.75) is 6.42 Å². The summed E-state index contributed by atoms with van der Waals surface area (Å²) < 4.78 is 0. The molecule has 0 aliphatic heterocycles. The maximum absolute atomic E-state index is 9.61. The van der Waals surface area contributed by atoms with Gasteiger partial charge in [-0.15, -0.1) is 13.2 Å². The van der Waals surface area contributed by atoms with E-state index in [2.05, 4.69) is 18.5 Å². The molecule has 0 heterocycles. The predicted octanol–water partition coefficient (Wildman–Crippen LogP) is 2.72. The lowest BCUT2D eigenvalue weighted by Gasteiger charge is -2.07. The van der Waals surface area contributed by atoms with Crippen LogP contribution in [0.15, 0.2) is 43.5 Å². The van der Waals surface area contributed by atoms with E-state index in [0.717, 1.165) is 17.7 Å². The smallest absolute Gasteiger partial charge is 0.138 e. The van der Waals surface area contributed by atoms with Crippen LogP contribution < -0.4 is 5.32 Å². The van der Waals surface area contributed by atoms with Gasteiger partial charge in [-0.05, 0) is 24.1 Å². The first-order valence-corrected chi connectivity index (χ1v) is 4.55. The van der Waals surface area contributed by atoms with E-state index in [9.17, 15) is 5.11 Å².